The Balaban J connectivity index is 2.47. The summed E-state index contributed by atoms with van der Waals surface area (Å²) in [5, 5.41) is 0. The second-order valence-corrected chi connectivity index (χ2v) is 7.67. The second-order valence-electron chi connectivity index (χ2n) is 5.73. The largest absolute Gasteiger partial charge is 0.494 e. The molecule has 1 unspecified atom stereocenters. The molecule has 22 heavy (non-hydrogen) atoms. The maximum atomic E-state index is 12.0. The van der Waals surface area contributed by atoms with Gasteiger partial charge in [-0.2, -0.15) is 17.6 Å². The van der Waals surface area contributed by atoms with Gasteiger partial charge in [0.2, 0.25) is 0 Å². The predicted molar refractivity (Wildman–Crippen MR) is 82.7 cm³/mol. The first kappa shape index (κ1) is 18.7. The molecular formula is C15H20F3NO2S. The Labute approximate surface area is 131 Å². The molecule has 0 heterocycles. The van der Waals surface area contributed by atoms with E-state index in [2.05, 4.69) is 4.40 Å². The maximum absolute atomic E-state index is 12.0. The fourth-order valence-electron chi connectivity index (χ4n) is 1.38. The quantitative estimate of drug-likeness (QED) is 0.575. The third kappa shape index (κ3) is 7.59. The Morgan fingerprint density at radius 2 is 1.77 bits per heavy atom. The van der Waals surface area contributed by atoms with Gasteiger partial charge in [0.1, 0.15) is 16.7 Å². The van der Waals surface area contributed by atoms with Gasteiger partial charge in [0, 0.05) is 12.6 Å². The highest BCUT2D eigenvalue weighted by molar-refractivity contribution is 7.85. The molecular weight excluding hydrogens is 315 g/mol. The minimum absolute atomic E-state index is 0.0149. The number of hydrogen-bond donors (Lipinski definition) is 0. The lowest BCUT2D eigenvalue weighted by Crippen LogP contribution is -2.19. The lowest BCUT2D eigenvalue weighted by molar-refractivity contribution is -0.136. The number of rotatable bonds is 6. The average Bonchev–Trinajstić information content (AvgIpc) is 2.40. The van der Waals surface area contributed by atoms with Crippen LogP contribution in [0.3, 0.4) is 0 Å². The Hall–Kier alpha value is -1.37. The molecule has 0 aliphatic carbocycles. The van der Waals surface area contributed by atoms with Crippen LogP contribution < -0.4 is 4.74 Å². The molecule has 0 aliphatic heterocycles. The van der Waals surface area contributed by atoms with Crippen LogP contribution in [0.25, 0.3) is 0 Å². The third-order valence-electron chi connectivity index (χ3n) is 2.57. The highest BCUT2D eigenvalue weighted by Gasteiger charge is 2.26. The molecule has 0 aliphatic rings. The van der Waals surface area contributed by atoms with Crippen LogP contribution in [-0.4, -0.2) is 28.0 Å². The number of ether oxygens (including phenoxy) is 1. The van der Waals surface area contributed by atoms with Gasteiger partial charge in [0.25, 0.3) is 0 Å². The molecule has 1 atom stereocenters. The Bertz CT molecular complexity index is 519. The topological polar surface area (TPSA) is 38.7 Å². The van der Waals surface area contributed by atoms with Gasteiger partial charge in [-0.25, -0.2) is 4.21 Å². The first-order valence-corrected chi connectivity index (χ1v) is 7.94. The van der Waals surface area contributed by atoms with Crippen LogP contribution in [0, 0.1) is 0 Å². The lowest BCUT2D eigenvalue weighted by Gasteiger charge is -2.12. The fourth-order valence-corrected chi connectivity index (χ4v) is 1.91. The van der Waals surface area contributed by atoms with E-state index in [1.165, 1.54) is 6.21 Å². The fraction of sp³-hybridized carbons (Fsp3) is 0.533. The summed E-state index contributed by atoms with van der Waals surface area (Å²) >= 11 is 0. The van der Waals surface area contributed by atoms with Crippen molar-refractivity contribution in [3.63, 3.8) is 0 Å². The van der Waals surface area contributed by atoms with Crippen molar-refractivity contribution < 1.29 is 22.1 Å². The van der Waals surface area contributed by atoms with E-state index in [4.69, 9.17) is 4.74 Å². The zero-order valence-electron chi connectivity index (χ0n) is 12.8. The highest BCUT2D eigenvalue weighted by Crippen LogP contribution is 2.21. The van der Waals surface area contributed by atoms with Crippen molar-refractivity contribution in [1.82, 2.24) is 0 Å². The number of benzene rings is 1. The molecule has 0 N–H and O–H groups in total. The maximum Gasteiger partial charge on any atom is 0.389 e. The van der Waals surface area contributed by atoms with E-state index in [9.17, 15) is 17.4 Å². The van der Waals surface area contributed by atoms with Crippen LogP contribution in [-0.2, 0) is 11.0 Å². The molecule has 0 saturated carbocycles. The second kappa shape index (κ2) is 7.76. The van der Waals surface area contributed by atoms with Gasteiger partial charge >= 0.3 is 6.18 Å². The molecule has 0 radical (unpaired) electrons. The molecule has 0 spiro atoms. The van der Waals surface area contributed by atoms with Gasteiger partial charge in [-0.05, 0) is 57.0 Å². The summed E-state index contributed by atoms with van der Waals surface area (Å²) in [6.45, 7) is 5.51. The van der Waals surface area contributed by atoms with E-state index in [1.54, 1.807) is 24.3 Å². The van der Waals surface area contributed by atoms with Gasteiger partial charge in [-0.15, -0.1) is 0 Å². The minimum atomic E-state index is -4.15. The minimum Gasteiger partial charge on any atom is -0.494 e. The van der Waals surface area contributed by atoms with E-state index >= 15 is 0 Å². The van der Waals surface area contributed by atoms with Crippen LogP contribution in [0.15, 0.2) is 28.7 Å². The molecule has 1 rings (SSSR count). The molecule has 7 heteroatoms. The standard InChI is InChI=1S/C15H20F3NO2S/c1-14(2,3)22(20)19-11-12-5-7-13(8-6-12)21-10-4-9-15(16,17)18/h5-8,11H,4,9-10H2,1-3H3/b19-11-. The summed E-state index contributed by atoms with van der Waals surface area (Å²) in [6.07, 6.45) is -3.56. The molecule has 0 fully saturated rings. The van der Waals surface area contributed by atoms with E-state index in [1.807, 2.05) is 20.8 Å². The SMILES string of the molecule is CC(C)(C)S(=O)/N=C\c1ccc(OCCCC(F)(F)F)cc1. The van der Waals surface area contributed by atoms with Gasteiger partial charge < -0.3 is 4.74 Å². The van der Waals surface area contributed by atoms with Crippen LogP contribution in [0.5, 0.6) is 5.75 Å². The van der Waals surface area contributed by atoms with Crippen molar-refractivity contribution in [1.29, 1.82) is 0 Å². The summed E-state index contributed by atoms with van der Waals surface area (Å²) in [5.74, 6) is 0.497. The number of alkyl halides is 3. The Kier molecular flexibility index (Phi) is 6.59. The summed E-state index contributed by atoms with van der Waals surface area (Å²) in [4.78, 5) is 0. The first-order chi connectivity index (χ1) is 10.1. The lowest BCUT2D eigenvalue weighted by atomic mass is 10.2. The van der Waals surface area contributed by atoms with Crippen molar-refractivity contribution in [2.24, 2.45) is 4.40 Å². The summed E-state index contributed by atoms with van der Waals surface area (Å²) in [6, 6.07) is 6.72. The summed E-state index contributed by atoms with van der Waals surface area (Å²) in [5.41, 5.74) is 0.750. The summed E-state index contributed by atoms with van der Waals surface area (Å²) < 4.78 is 56.5. The molecule has 1 aromatic rings. The van der Waals surface area contributed by atoms with Crippen LogP contribution in [0.2, 0.25) is 0 Å². The monoisotopic (exact) mass is 335 g/mol. The van der Waals surface area contributed by atoms with E-state index in [0.717, 1.165) is 5.56 Å². The van der Waals surface area contributed by atoms with Gasteiger partial charge in [0.15, 0.2) is 0 Å². The molecule has 0 amide bonds. The van der Waals surface area contributed by atoms with Gasteiger partial charge in [-0.3, -0.25) is 0 Å². The molecule has 0 saturated heterocycles. The van der Waals surface area contributed by atoms with Crippen LogP contribution in [0.1, 0.15) is 39.2 Å². The van der Waals surface area contributed by atoms with Gasteiger partial charge in [0.05, 0.1) is 11.4 Å². The summed E-state index contributed by atoms with van der Waals surface area (Å²) in [7, 11) is -1.33. The van der Waals surface area contributed by atoms with E-state index in [0.29, 0.717) is 5.75 Å². The molecule has 1 aromatic carbocycles. The van der Waals surface area contributed by atoms with Crippen molar-refractivity contribution in [3.05, 3.63) is 29.8 Å². The van der Waals surface area contributed by atoms with Crippen molar-refractivity contribution in [2.75, 3.05) is 6.61 Å². The molecule has 3 nitrogen and oxygen atoms in total. The average molecular weight is 335 g/mol. The van der Waals surface area contributed by atoms with Crippen molar-refractivity contribution in [3.8, 4) is 5.75 Å². The van der Waals surface area contributed by atoms with E-state index < -0.39 is 28.3 Å². The highest BCUT2D eigenvalue weighted by atomic mass is 32.2. The zero-order valence-corrected chi connectivity index (χ0v) is 13.6. The van der Waals surface area contributed by atoms with Crippen LogP contribution in [0.4, 0.5) is 13.2 Å². The number of halogens is 3. The third-order valence-corrected chi connectivity index (χ3v) is 3.92. The molecule has 124 valence electrons. The normalized spacial score (nSPS) is 14.3. The van der Waals surface area contributed by atoms with Crippen molar-refractivity contribution in [2.45, 2.75) is 44.5 Å². The number of nitrogens with zero attached hydrogens (tertiary/aromatic N) is 1. The number of hydrogen-bond acceptors (Lipinski definition) is 2. The Morgan fingerprint density at radius 3 is 2.27 bits per heavy atom. The predicted octanol–water partition coefficient (Wildman–Crippen LogP) is 4.29. The molecule has 0 aromatic heterocycles. The van der Waals surface area contributed by atoms with Crippen molar-refractivity contribution >= 4 is 17.2 Å². The smallest absolute Gasteiger partial charge is 0.389 e. The van der Waals surface area contributed by atoms with Gasteiger partial charge in [-0.1, -0.05) is 0 Å². The Morgan fingerprint density at radius 1 is 1.18 bits per heavy atom. The molecule has 0 bridgehead atoms. The zero-order chi connectivity index (χ0) is 16.8. The van der Waals surface area contributed by atoms with E-state index in [-0.39, 0.29) is 13.0 Å². The first-order valence-electron chi connectivity index (χ1n) is 6.83. The van der Waals surface area contributed by atoms with Crippen LogP contribution >= 0.6 is 0 Å².